The van der Waals surface area contributed by atoms with Crippen LogP contribution in [0.3, 0.4) is 0 Å². The molecule has 4 aliphatic carbocycles. The van der Waals surface area contributed by atoms with Crippen molar-refractivity contribution in [1.82, 2.24) is 10.0 Å². The minimum absolute atomic E-state index is 0.0767. The molecular weight excluding hydrogens is 340 g/mol. The van der Waals surface area contributed by atoms with Crippen molar-refractivity contribution >= 4 is 15.9 Å². The number of nitrogens with one attached hydrogen (secondary N) is 2. The van der Waals surface area contributed by atoms with E-state index in [2.05, 4.69) is 10.0 Å². The number of rotatable bonds is 7. The molecule has 7 heteroatoms. The Morgan fingerprint density at radius 1 is 1.16 bits per heavy atom. The molecule has 5 rings (SSSR count). The van der Waals surface area contributed by atoms with Crippen LogP contribution in [-0.2, 0) is 21.4 Å². The predicted molar refractivity (Wildman–Crippen MR) is 92.9 cm³/mol. The molecule has 1 amide bonds. The summed E-state index contributed by atoms with van der Waals surface area (Å²) in [5, 5.41) is 2.91. The molecule has 6 nitrogen and oxygen atoms in total. The molecule has 0 spiro atoms. The summed E-state index contributed by atoms with van der Waals surface area (Å²) < 4.78 is 31.7. The Labute approximate surface area is 148 Å². The Morgan fingerprint density at radius 3 is 2.36 bits per heavy atom. The second kappa shape index (κ2) is 6.43. The maximum Gasteiger partial charge on any atom is 0.226 e. The summed E-state index contributed by atoms with van der Waals surface area (Å²) in [6.45, 7) is 0.298. The molecule has 0 atom stereocenters. The molecule has 1 aromatic heterocycles. The molecule has 4 aliphatic rings. The topological polar surface area (TPSA) is 88.4 Å². The third-order valence-electron chi connectivity index (χ3n) is 6.22. The van der Waals surface area contributed by atoms with E-state index in [1.807, 2.05) is 0 Å². The van der Waals surface area contributed by atoms with Crippen LogP contribution >= 0.6 is 0 Å². The standard InChI is InChI=1S/C18H26N2O4S/c21-17(18-9-13-6-14(10-18)8-15(7-13)11-18)19-3-5-25(22,23)20-12-16-2-1-4-24-16/h1-2,4,13-15,20H,3,5-12H2,(H,19,21). The Balaban J connectivity index is 1.27. The number of carbonyl (C=O) groups is 1. The summed E-state index contributed by atoms with van der Waals surface area (Å²) in [4.78, 5) is 12.8. The van der Waals surface area contributed by atoms with E-state index in [-0.39, 0.29) is 30.2 Å². The predicted octanol–water partition coefficient (Wildman–Crippen LogP) is 2.03. The van der Waals surface area contributed by atoms with Crippen molar-refractivity contribution in [2.45, 2.75) is 45.1 Å². The van der Waals surface area contributed by atoms with Gasteiger partial charge in [0.2, 0.25) is 15.9 Å². The summed E-state index contributed by atoms with van der Waals surface area (Å²) >= 11 is 0. The zero-order valence-corrected chi connectivity index (χ0v) is 15.2. The van der Waals surface area contributed by atoms with E-state index in [0.717, 1.165) is 19.3 Å². The van der Waals surface area contributed by atoms with Crippen LogP contribution in [0.25, 0.3) is 0 Å². The summed E-state index contributed by atoms with van der Waals surface area (Å²) in [6.07, 6.45) is 8.36. The Hall–Kier alpha value is -1.34. The van der Waals surface area contributed by atoms with Gasteiger partial charge in [0.05, 0.1) is 18.6 Å². The molecule has 2 N–H and O–H groups in total. The highest BCUT2D eigenvalue weighted by Crippen LogP contribution is 2.60. The van der Waals surface area contributed by atoms with Gasteiger partial charge in [-0.3, -0.25) is 4.79 Å². The molecule has 0 aromatic carbocycles. The van der Waals surface area contributed by atoms with Crippen molar-refractivity contribution in [2.24, 2.45) is 23.2 Å². The molecule has 4 fully saturated rings. The SMILES string of the molecule is O=C(NCCS(=O)(=O)NCc1ccco1)C12CC3CC(CC(C3)C1)C2. The van der Waals surface area contributed by atoms with E-state index in [1.54, 1.807) is 12.1 Å². The fraction of sp³-hybridized carbons (Fsp3) is 0.722. The van der Waals surface area contributed by atoms with E-state index in [4.69, 9.17) is 4.42 Å². The largest absolute Gasteiger partial charge is 0.468 e. The van der Waals surface area contributed by atoms with Gasteiger partial charge in [0.25, 0.3) is 0 Å². The van der Waals surface area contributed by atoms with Gasteiger partial charge in [-0.25, -0.2) is 13.1 Å². The van der Waals surface area contributed by atoms with Crippen molar-refractivity contribution in [1.29, 1.82) is 0 Å². The van der Waals surface area contributed by atoms with Crippen molar-refractivity contribution in [2.75, 3.05) is 12.3 Å². The van der Waals surface area contributed by atoms with Crippen molar-refractivity contribution in [3.05, 3.63) is 24.2 Å². The third kappa shape index (κ3) is 3.62. The van der Waals surface area contributed by atoms with E-state index in [1.165, 1.54) is 25.5 Å². The first kappa shape index (κ1) is 17.1. The third-order valence-corrected chi connectivity index (χ3v) is 7.55. The van der Waals surface area contributed by atoms with Crippen LogP contribution in [0.2, 0.25) is 0 Å². The van der Waals surface area contributed by atoms with Crippen LogP contribution in [0.1, 0.15) is 44.3 Å². The van der Waals surface area contributed by atoms with E-state index in [0.29, 0.717) is 23.5 Å². The molecule has 0 saturated heterocycles. The van der Waals surface area contributed by atoms with Crippen molar-refractivity contribution < 1.29 is 17.6 Å². The number of hydrogen-bond donors (Lipinski definition) is 2. The van der Waals surface area contributed by atoms with Gasteiger partial charge in [-0.05, 0) is 68.4 Å². The van der Waals surface area contributed by atoms with Gasteiger partial charge < -0.3 is 9.73 Å². The number of sulfonamides is 1. The highest BCUT2D eigenvalue weighted by Gasteiger charge is 2.54. The molecule has 0 aliphatic heterocycles. The van der Waals surface area contributed by atoms with E-state index >= 15 is 0 Å². The maximum atomic E-state index is 12.8. The van der Waals surface area contributed by atoms with Gasteiger partial charge in [-0.2, -0.15) is 0 Å². The first-order chi connectivity index (χ1) is 11.9. The van der Waals surface area contributed by atoms with E-state index in [9.17, 15) is 13.2 Å². The lowest BCUT2D eigenvalue weighted by Gasteiger charge is -2.55. The van der Waals surface area contributed by atoms with Crippen molar-refractivity contribution in [3.8, 4) is 0 Å². The van der Waals surface area contributed by atoms with Crippen LogP contribution in [0.5, 0.6) is 0 Å². The summed E-state index contributed by atoms with van der Waals surface area (Å²) in [5.74, 6) is 2.65. The molecule has 25 heavy (non-hydrogen) atoms. The lowest BCUT2D eigenvalue weighted by molar-refractivity contribution is -0.146. The molecule has 138 valence electrons. The zero-order chi connectivity index (χ0) is 17.5. The van der Waals surface area contributed by atoms with Gasteiger partial charge in [0, 0.05) is 12.0 Å². The van der Waals surface area contributed by atoms with Crippen molar-refractivity contribution in [3.63, 3.8) is 0 Å². The minimum Gasteiger partial charge on any atom is -0.468 e. The smallest absolute Gasteiger partial charge is 0.226 e. The zero-order valence-electron chi connectivity index (χ0n) is 14.4. The molecular formula is C18H26N2O4S. The Bertz CT molecular complexity index is 691. The fourth-order valence-electron chi connectivity index (χ4n) is 5.54. The fourth-order valence-corrected chi connectivity index (χ4v) is 6.42. The van der Waals surface area contributed by atoms with Gasteiger partial charge >= 0.3 is 0 Å². The van der Waals surface area contributed by atoms with E-state index < -0.39 is 10.0 Å². The van der Waals surface area contributed by atoms with Crippen LogP contribution in [-0.4, -0.2) is 26.6 Å². The summed E-state index contributed by atoms with van der Waals surface area (Å²) in [6, 6.07) is 3.44. The van der Waals surface area contributed by atoms with Crippen LogP contribution in [0.4, 0.5) is 0 Å². The number of carbonyl (C=O) groups excluding carboxylic acids is 1. The normalized spacial score (nSPS) is 33.5. The highest BCUT2D eigenvalue weighted by atomic mass is 32.2. The van der Waals surface area contributed by atoms with Gasteiger partial charge in [0.1, 0.15) is 5.76 Å². The average molecular weight is 366 g/mol. The molecule has 0 unspecified atom stereocenters. The molecule has 4 bridgehead atoms. The lowest BCUT2D eigenvalue weighted by atomic mass is 9.49. The average Bonchev–Trinajstić information content (AvgIpc) is 3.05. The highest BCUT2D eigenvalue weighted by molar-refractivity contribution is 7.89. The number of furan rings is 1. The quantitative estimate of drug-likeness (QED) is 0.773. The van der Waals surface area contributed by atoms with Gasteiger partial charge in [0.15, 0.2) is 0 Å². The number of amides is 1. The molecule has 1 aromatic rings. The minimum atomic E-state index is -3.43. The second-order valence-electron chi connectivity index (χ2n) is 8.17. The maximum absolute atomic E-state index is 12.8. The Kier molecular flexibility index (Phi) is 4.40. The summed E-state index contributed by atoms with van der Waals surface area (Å²) in [7, 11) is -3.43. The van der Waals surface area contributed by atoms with Crippen LogP contribution < -0.4 is 10.0 Å². The van der Waals surface area contributed by atoms with Gasteiger partial charge in [-0.1, -0.05) is 0 Å². The number of hydrogen-bond acceptors (Lipinski definition) is 4. The van der Waals surface area contributed by atoms with Crippen LogP contribution in [0.15, 0.2) is 22.8 Å². The van der Waals surface area contributed by atoms with Crippen LogP contribution in [0, 0.1) is 23.2 Å². The summed E-state index contributed by atoms with van der Waals surface area (Å²) in [5.41, 5.74) is -0.222. The second-order valence-corrected chi connectivity index (χ2v) is 10.1. The molecule has 1 heterocycles. The van der Waals surface area contributed by atoms with Gasteiger partial charge in [-0.15, -0.1) is 0 Å². The first-order valence-corrected chi connectivity index (χ1v) is 10.9. The Morgan fingerprint density at radius 2 is 1.80 bits per heavy atom. The lowest BCUT2D eigenvalue weighted by Crippen LogP contribution is -2.54. The molecule has 0 radical (unpaired) electrons. The molecule has 4 saturated carbocycles. The monoisotopic (exact) mass is 366 g/mol. The first-order valence-electron chi connectivity index (χ1n) is 9.22.